The summed E-state index contributed by atoms with van der Waals surface area (Å²) < 4.78 is 11.6. The highest BCUT2D eigenvalue weighted by Gasteiger charge is 2.40. The molecule has 1 spiro atoms. The summed E-state index contributed by atoms with van der Waals surface area (Å²) in [5.41, 5.74) is 4.46. The molecular weight excluding hydrogens is 328 g/mol. The van der Waals surface area contributed by atoms with Gasteiger partial charge in [-0.15, -0.1) is 0 Å². The molecule has 6 nitrogen and oxygen atoms in total. The van der Waals surface area contributed by atoms with Crippen molar-refractivity contribution in [3.8, 4) is 0 Å². The summed E-state index contributed by atoms with van der Waals surface area (Å²) in [5, 5.41) is 3.45. The third-order valence-corrected chi connectivity index (χ3v) is 5.12. The molecule has 4 rings (SSSR count). The lowest BCUT2D eigenvalue weighted by molar-refractivity contribution is -0.169. The predicted molar refractivity (Wildman–Crippen MR) is 102 cm³/mol. The Labute approximate surface area is 154 Å². The molecule has 0 atom stereocenters. The fraction of sp³-hybridized carbons (Fsp3) is 0.500. The molecule has 138 valence electrons. The van der Waals surface area contributed by atoms with Crippen LogP contribution in [0.1, 0.15) is 29.7 Å². The third-order valence-electron chi connectivity index (χ3n) is 5.12. The van der Waals surface area contributed by atoms with Crippen LogP contribution >= 0.6 is 0 Å². The van der Waals surface area contributed by atoms with E-state index in [2.05, 4.69) is 47.2 Å². The van der Waals surface area contributed by atoms with Gasteiger partial charge in [-0.2, -0.15) is 4.98 Å². The second-order valence-electron chi connectivity index (χ2n) is 7.23. The molecule has 0 amide bonds. The van der Waals surface area contributed by atoms with Gasteiger partial charge in [0.1, 0.15) is 5.82 Å². The highest BCUT2D eigenvalue weighted by molar-refractivity contribution is 5.62. The fourth-order valence-electron chi connectivity index (χ4n) is 3.60. The van der Waals surface area contributed by atoms with Crippen LogP contribution in [0.3, 0.4) is 0 Å². The van der Waals surface area contributed by atoms with Crippen molar-refractivity contribution in [1.82, 2.24) is 9.97 Å². The minimum Gasteiger partial charge on any atom is -0.347 e. The Bertz CT molecular complexity index is 792. The first-order valence-corrected chi connectivity index (χ1v) is 9.26. The van der Waals surface area contributed by atoms with E-state index in [1.165, 1.54) is 11.1 Å². The highest BCUT2D eigenvalue weighted by atomic mass is 16.7. The van der Waals surface area contributed by atoms with Crippen LogP contribution in [0.4, 0.5) is 17.5 Å². The number of rotatable bonds is 3. The predicted octanol–water partition coefficient (Wildman–Crippen LogP) is 3.49. The molecule has 6 heteroatoms. The number of nitrogens with one attached hydrogen (secondary N) is 1. The molecule has 2 aliphatic rings. The lowest BCUT2D eigenvalue weighted by atomic mass is 10.0. The summed E-state index contributed by atoms with van der Waals surface area (Å²) in [6.45, 7) is 9.28. The fourth-order valence-corrected chi connectivity index (χ4v) is 3.60. The molecule has 1 aromatic heterocycles. The molecule has 2 aromatic rings. The van der Waals surface area contributed by atoms with Gasteiger partial charge in [0, 0.05) is 43.4 Å². The van der Waals surface area contributed by atoms with Gasteiger partial charge in [-0.3, -0.25) is 0 Å². The third kappa shape index (κ3) is 3.52. The van der Waals surface area contributed by atoms with Crippen LogP contribution in [0.2, 0.25) is 0 Å². The smallest absolute Gasteiger partial charge is 0.227 e. The lowest BCUT2D eigenvalue weighted by Crippen LogP contribution is -2.45. The van der Waals surface area contributed by atoms with Gasteiger partial charge >= 0.3 is 0 Å². The Balaban J connectivity index is 1.52. The van der Waals surface area contributed by atoms with Crippen molar-refractivity contribution < 1.29 is 9.47 Å². The van der Waals surface area contributed by atoms with E-state index in [4.69, 9.17) is 14.5 Å². The maximum atomic E-state index is 5.81. The monoisotopic (exact) mass is 354 g/mol. The highest BCUT2D eigenvalue weighted by Crippen LogP contribution is 2.32. The second kappa shape index (κ2) is 6.85. The second-order valence-corrected chi connectivity index (χ2v) is 7.23. The number of benzene rings is 1. The van der Waals surface area contributed by atoms with Gasteiger partial charge in [0.25, 0.3) is 0 Å². The standard InChI is InChI=1S/C20H26N4O2/c1-14-4-5-15(2)17(12-14)22-18-13-16(3)21-19(23-18)24-8-6-20(7-9-24)25-10-11-26-20/h4-5,12-13H,6-11H2,1-3H3,(H,21,22,23). The first kappa shape index (κ1) is 17.2. The molecule has 0 saturated carbocycles. The quantitative estimate of drug-likeness (QED) is 0.910. The molecule has 0 unspecified atom stereocenters. The summed E-state index contributed by atoms with van der Waals surface area (Å²) in [6, 6.07) is 8.37. The maximum absolute atomic E-state index is 5.81. The molecule has 26 heavy (non-hydrogen) atoms. The van der Waals surface area contributed by atoms with Gasteiger partial charge in [-0.25, -0.2) is 4.98 Å². The van der Waals surface area contributed by atoms with E-state index in [-0.39, 0.29) is 5.79 Å². The van der Waals surface area contributed by atoms with Crippen LogP contribution in [0.15, 0.2) is 24.3 Å². The Morgan fingerprint density at radius 2 is 1.73 bits per heavy atom. The van der Waals surface area contributed by atoms with Gasteiger partial charge in [-0.1, -0.05) is 12.1 Å². The summed E-state index contributed by atoms with van der Waals surface area (Å²) in [7, 11) is 0. The Morgan fingerprint density at radius 1 is 1.00 bits per heavy atom. The first-order chi connectivity index (χ1) is 12.5. The van der Waals surface area contributed by atoms with Gasteiger partial charge in [-0.05, 0) is 38.0 Å². The number of hydrogen-bond donors (Lipinski definition) is 1. The van der Waals surface area contributed by atoms with Crippen molar-refractivity contribution in [2.75, 3.05) is 36.5 Å². The van der Waals surface area contributed by atoms with Gasteiger partial charge in [0.15, 0.2) is 5.79 Å². The number of nitrogens with zero attached hydrogens (tertiary/aromatic N) is 3. The Kier molecular flexibility index (Phi) is 4.54. The van der Waals surface area contributed by atoms with Gasteiger partial charge in [0.2, 0.25) is 5.95 Å². The summed E-state index contributed by atoms with van der Waals surface area (Å²) in [4.78, 5) is 11.6. The topological polar surface area (TPSA) is 59.5 Å². The van der Waals surface area contributed by atoms with E-state index >= 15 is 0 Å². The molecule has 2 aliphatic heterocycles. The number of aryl methyl sites for hydroxylation is 3. The molecule has 1 N–H and O–H groups in total. The number of ether oxygens (including phenoxy) is 2. The number of aromatic nitrogens is 2. The van der Waals surface area contributed by atoms with Crippen molar-refractivity contribution in [2.24, 2.45) is 0 Å². The molecule has 1 aromatic carbocycles. The number of piperidine rings is 1. The van der Waals surface area contributed by atoms with Crippen LogP contribution in [0.25, 0.3) is 0 Å². The van der Waals surface area contributed by atoms with Gasteiger partial charge in [0.05, 0.1) is 13.2 Å². The van der Waals surface area contributed by atoms with Crippen LogP contribution in [0, 0.1) is 20.8 Å². The average molecular weight is 354 g/mol. The van der Waals surface area contributed by atoms with E-state index in [1.807, 2.05) is 13.0 Å². The lowest BCUT2D eigenvalue weighted by Gasteiger charge is -2.37. The molecule has 0 aliphatic carbocycles. The minimum absolute atomic E-state index is 0.375. The molecule has 2 saturated heterocycles. The van der Waals surface area contributed by atoms with Crippen LogP contribution in [-0.4, -0.2) is 42.1 Å². The van der Waals surface area contributed by atoms with E-state index in [9.17, 15) is 0 Å². The summed E-state index contributed by atoms with van der Waals surface area (Å²) >= 11 is 0. The summed E-state index contributed by atoms with van der Waals surface area (Å²) in [6.07, 6.45) is 1.70. The zero-order chi connectivity index (χ0) is 18.1. The zero-order valence-electron chi connectivity index (χ0n) is 15.7. The van der Waals surface area contributed by atoms with Crippen molar-refractivity contribution in [3.63, 3.8) is 0 Å². The SMILES string of the molecule is Cc1ccc(C)c(Nc2cc(C)nc(N3CCC4(CC3)OCCO4)n2)c1. The summed E-state index contributed by atoms with van der Waals surface area (Å²) in [5.74, 6) is 1.22. The van der Waals surface area contributed by atoms with Crippen LogP contribution in [-0.2, 0) is 9.47 Å². The average Bonchev–Trinajstić information content (AvgIpc) is 3.06. The maximum Gasteiger partial charge on any atom is 0.227 e. The molecule has 3 heterocycles. The van der Waals surface area contributed by atoms with Crippen LogP contribution < -0.4 is 10.2 Å². The zero-order valence-corrected chi connectivity index (χ0v) is 15.7. The minimum atomic E-state index is -0.375. The van der Waals surface area contributed by atoms with Crippen LogP contribution in [0.5, 0.6) is 0 Å². The van der Waals surface area contributed by atoms with Crippen molar-refractivity contribution in [1.29, 1.82) is 0 Å². The normalized spacial score (nSPS) is 19.1. The van der Waals surface area contributed by atoms with E-state index < -0.39 is 0 Å². The van der Waals surface area contributed by atoms with E-state index in [0.29, 0.717) is 13.2 Å². The van der Waals surface area contributed by atoms with E-state index in [0.717, 1.165) is 49.1 Å². The van der Waals surface area contributed by atoms with Crippen molar-refractivity contribution in [2.45, 2.75) is 39.4 Å². The molecule has 2 fully saturated rings. The Hall–Kier alpha value is -2.18. The van der Waals surface area contributed by atoms with Crippen molar-refractivity contribution in [3.05, 3.63) is 41.1 Å². The number of anilines is 3. The van der Waals surface area contributed by atoms with E-state index in [1.54, 1.807) is 0 Å². The Morgan fingerprint density at radius 3 is 2.46 bits per heavy atom. The van der Waals surface area contributed by atoms with Gasteiger partial charge < -0.3 is 19.7 Å². The number of hydrogen-bond acceptors (Lipinski definition) is 6. The molecule has 0 bridgehead atoms. The first-order valence-electron chi connectivity index (χ1n) is 9.26. The van der Waals surface area contributed by atoms with Crippen molar-refractivity contribution >= 4 is 17.5 Å². The molecule has 0 radical (unpaired) electrons. The largest absolute Gasteiger partial charge is 0.347 e. The molecular formula is C20H26N4O2.